The third kappa shape index (κ3) is 0.833. The lowest BCUT2D eigenvalue weighted by atomic mass is 10.3. The molecule has 0 aliphatic carbocycles. The lowest BCUT2D eigenvalue weighted by molar-refractivity contribution is -0.131. The predicted octanol–water partition coefficient (Wildman–Crippen LogP) is 0.455. The van der Waals surface area contributed by atoms with Crippen LogP contribution in [0.1, 0.15) is 6.92 Å². The molecule has 48 valence electrons. The van der Waals surface area contributed by atoms with E-state index in [9.17, 15) is 9.59 Å². The molecular formula is C5H4ClNO2. The molecule has 0 fully saturated rings. The van der Waals surface area contributed by atoms with Crippen molar-refractivity contribution in [2.45, 2.75) is 6.92 Å². The standard InChI is InChI=1S/C5H4ClNO2/c1-3-2-4(8)7(6)5(3)9/h2H,1H3. The van der Waals surface area contributed by atoms with E-state index in [0.29, 0.717) is 9.99 Å². The van der Waals surface area contributed by atoms with E-state index in [-0.39, 0.29) is 0 Å². The number of halogens is 1. The van der Waals surface area contributed by atoms with E-state index in [2.05, 4.69) is 0 Å². The molecule has 0 atom stereocenters. The zero-order valence-electron chi connectivity index (χ0n) is 4.72. The predicted molar refractivity (Wildman–Crippen MR) is 31.5 cm³/mol. The molecule has 0 N–H and O–H groups in total. The number of nitrogens with zero attached hydrogens (tertiary/aromatic N) is 1. The Hall–Kier alpha value is -0.830. The fourth-order valence-electron chi connectivity index (χ4n) is 0.559. The highest BCUT2D eigenvalue weighted by atomic mass is 35.5. The van der Waals surface area contributed by atoms with E-state index in [4.69, 9.17) is 11.8 Å². The Kier molecular flexibility index (Phi) is 1.29. The molecule has 1 heterocycles. The molecule has 0 saturated heterocycles. The summed E-state index contributed by atoms with van der Waals surface area (Å²) in [7, 11) is 0. The molecule has 2 amide bonds. The fraction of sp³-hybridized carbons (Fsp3) is 0.200. The van der Waals surface area contributed by atoms with Gasteiger partial charge in [-0.3, -0.25) is 9.59 Å². The Morgan fingerprint density at radius 3 is 2.22 bits per heavy atom. The summed E-state index contributed by atoms with van der Waals surface area (Å²) in [5.74, 6) is -0.888. The van der Waals surface area contributed by atoms with Crippen molar-refractivity contribution >= 4 is 23.6 Å². The number of hydrogen-bond acceptors (Lipinski definition) is 2. The number of carbonyl (C=O) groups is 2. The summed E-state index contributed by atoms with van der Waals surface area (Å²) in [6, 6.07) is 0. The molecule has 0 spiro atoms. The van der Waals surface area contributed by atoms with E-state index in [1.807, 2.05) is 0 Å². The Labute approximate surface area is 57.0 Å². The van der Waals surface area contributed by atoms with Gasteiger partial charge >= 0.3 is 0 Å². The van der Waals surface area contributed by atoms with Gasteiger partial charge in [0.1, 0.15) is 0 Å². The van der Waals surface area contributed by atoms with Gasteiger partial charge in [0.05, 0.1) is 0 Å². The average Bonchev–Trinajstić information content (AvgIpc) is 1.98. The van der Waals surface area contributed by atoms with Gasteiger partial charge in [0.2, 0.25) is 0 Å². The molecule has 0 saturated carbocycles. The monoisotopic (exact) mass is 145 g/mol. The molecule has 0 unspecified atom stereocenters. The zero-order chi connectivity index (χ0) is 7.02. The molecule has 9 heavy (non-hydrogen) atoms. The van der Waals surface area contributed by atoms with Crippen LogP contribution in [0, 0.1) is 0 Å². The van der Waals surface area contributed by atoms with Gasteiger partial charge < -0.3 is 0 Å². The molecule has 4 heteroatoms. The van der Waals surface area contributed by atoms with Gasteiger partial charge in [-0.1, -0.05) is 0 Å². The van der Waals surface area contributed by atoms with Crippen LogP contribution in [-0.4, -0.2) is 16.2 Å². The first kappa shape index (κ1) is 6.29. The van der Waals surface area contributed by atoms with Crippen LogP contribution in [0.25, 0.3) is 0 Å². The van der Waals surface area contributed by atoms with Gasteiger partial charge in [0, 0.05) is 23.4 Å². The minimum Gasteiger partial charge on any atom is -0.268 e. The van der Waals surface area contributed by atoms with Crippen LogP contribution in [-0.2, 0) is 9.59 Å². The van der Waals surface area contributed by atoms with Gasteiger partial charge in [-0.05, 0) is 6.92 Å². The van der Waals surface area contributed by atoms with Crippen LogP contribution in [0.4, 0.5) is 0 Å². The maximum atomic E-state index is 10.6. The molecule has 0 aromatic heterocycles. The number of rotatable bonds is 0. The smallest absolute Gasteiger partial charge is 0.268 e. The zero-order valence-corrected chi connectivity index (χ0v) is 5.47. The van der Waals surface area contributed by atoms with Gasteiger partial charge in [0.25, 0.3) is 11.8 Å². The quantitative estimate of drug-likeness (QED) is 0.367. The van der Waals surface area contributed by atoms with Crippen molar-refractivity contribution < 1.29 is 9.59 Å². The maximum absolute atomic E-state index is 10.6. The number of carbonyl (C=O) groups excluding carboxylic acids is 2. The minimum atomic E-state index is -0.459. The summed E-state index contributed by atoms with van der Waals surface area (Å²) >= 11 is 5.19. The van der Waals surface area contributed by atoms with Crippen LogP contribution in [0.5, 0.6) is 0 Å². The van der Waals surface area contributed by atoms with E-state index < -0.39 is 11.8 Å². The van der Waals surface area contributed by atoms with E-state index in [1.54, 1.807) is 6.92 Å². The Balaban J connectivity index is 2.95. The summed E-state index contributed by atoms with van der Waals surface area (Å²) in [6.07, 6.45) is 1.20. The first-order valence-corrected chi connectivity index (χ1v) is 2.69. The van der Waals surface area contributed by atoms with Gasteiger partial charge in [0.15, 0.2) is 0 Å². The molecule has 0 aromatic rings. The molecule has 1 rings (SSSR count). The van der Waals surface area contributed by atoms with Crippen molar-refractivity contribution in [1.82, 2.24) is 4.42 Å². The molecule has 1 aliphatic rings. The van der Waals surface area contributed by atoms with Crippen molar-refractivity contribution in [3.8, 4) is 0 Å². The second-order valence-electron chi connectivity index (χ2n) is 1.75. The van der Waals surface area contributed by atoms with Crippen molar-refractivity contribution in [2.24, 2.45) is 0 Å². The topological polar surface area (TPSA) is 37.4 Å². The fourth-order valence-corrected chi connectivity index (χ4v) is 0.741. The van der Waals surface area contributed by atoms with Crippen molar-refractivity contribution in [2.75, 3.05) is 0 Å². The van der Waals surface area contributed by atoms with Crippen molar-refractivity contribution in [3.63, 3.8) is 0 Å². The second kappa shape index (κ2) is 1.84. The third-order valence-electron chi connectivity index (χ3n) is 1.05. The van der Waals surface area contributed by atoms with Crippen molar-refractivity contribution in [1.29, 1.82) is 0 Å². The molecule has 0 radical (unpaired) electrons. The molecule has 3 nitrogen and oxygen atoms in total. The third-order valence-corrected chi connectivity index (χ3v) is 1.37. The number of hydrogen-bond donors (Lipinski definition) is 0. The normalized spacial score (nSPS) is 18.9. The van der Waals surface area contributed by atoms with Crippen LogP contribution in [0.3, 0.4) is 0 Å². The average molecular weight is 146 g/mol. The Morgan fingerprint density at radius 2 is 2.11 bits per heavy atom. The molecule has 0 bridgehead atoms. The Bertz CT molecular complexity index is 209. The van der Waals surface area contributed by atoms with Gasteiger partial charge in [-0.2, -0.15) is 4.42 Å². The lowest BCUT2D eigenvalue weighted by Crippen LogP contribution is -2.19. The van der Waals surface area contributed by atoms with Gasteiger partial charge in [-0.15, -0.1) is 0 Å². The highest BCUT2D eigenvalue weighted by Crippen LogP contribution is 2.12. The summed E-state index contributed by atoms with van der Waals surface area (Å²) < 4.78 is 0.565. The SMILES string of the molecule is CC1=CC(=O)N(Cl)C1=O. The van der Waals surface area contributed by atoms with E-state index in [1.165, 1.54) is 6.08 Å². The summed E-state index contributed by atoms with van der Waals surface area (Å²) in [4.78, 5) is 21.1. The lowest BCUT2D eigenvalue weighted by Gasteiger charge is -1.98. The van der Waals surface area contributed by atoms with E-state index in [0.717, 1.165) is 0 Å². The number of imide groups is 1. The van der Waals surface area contributed by atoms with Crippen LogP contribution in [0.2, 0.25) is 0 Å². The maximum Gasteiger partial charge on any atom is 0.271 e. The van der Waals surface area contributed by atoms with Crippen molar-refractivity contribution in [3.05, 3.63) is 11.6 Å². The Morgan fingerprint density at radius 1 is 1.56 bits per heavy atom. The summed E-state index contributed by atoms with van der Waals surface area (Å²) in [5.41, 5.74) is 0.384. The first-order valence-electron chi connectivity index (χ1n) is 2.35. The number of amides is 2. The molecule has 0 aromatic carbocycles. The first-order chi connectivity index (χ1) is 4.13. The van der Waals surface area contributed by atoms with Crippen LogP contribution < -0.4 is 0 Å². The van der Waals surface area contributed by atoms with Crippen LogP contribution >= 0.6 is 11.8 Å². The molecule has 1 aliphatic heterocycles. The van der Waals surface area contributed by atoms with Crippen LogP contribution in [0.15, 0.2) is 11.6 Å². The molecular weight excluding hydrogens is 142 g/mol. The largest absolute Gasteiger partial charge is 0.271 e. The summed E-state index contributed by atoms with van der Waals surface area (Å²) in [6.45, 7) is 1.54. The van der Waals surface area contributed by atoms with Gasteiger partial charge in [-0.25, -0.2) is 0 Å². The highest BCUT2D eigenvalue weighted by molar-refractivity contribution is 6.37. The summed E-state index contributed by atoms with van der Waals surface area (Å²) in [5, 5.41) is 0. The van der Waals surface area contributed by atoms with E-state index >= 15 is 0 Å². The highest BCUT2D eigenvalue weighted by Gasteiger charge is 2.26. The minimum absolute atomic E-state index is 0.384. The second-order valence-corrected chi connectivity index (χ2v) is 2.09.